The molecule has 1 aliphatic carbocycles. The van der Waals surface area contributed by atoms with E-state index in [-0.39, 0.29) is 18.1 Å². The molecule has 1 atom stereocenters. The van der Waals surface area contributed by atoms with Crippen LogP contribution in [0.2, 0.25) is 0 Å². The van der Waals surface area contributed by atoms with E-state index in [2.05, 4.69) is 10.2 Å². The minimum absolute atomic E-state index is 0.0448. The Bertz CT molecular complexity index is 227. The van der Waals surface area contributed by atoms with Gasteiger partial charge in [-0.15, -0.1) is 0 Å². The lowest BCUT2D eigenvalue weighted by Gasteiger charge is -2.31. The molecule has 0 aromatic carbocycles. The molecular weight excluding hydrogens is 192 g/mol. The summed E-state index contributed by atoms with van der Waals surface area (Å²) in [5.74, 6) is -0.0448. The topological polar surface area (TPSA) is 41.6 Å². The van der Waals surface area contributed by atoms with E-state index in [4.69, 9.17) is 4.74 Å². The molecule has 0 aromatic rings. The van der Waals surface area contributed by atoms with Gasteiger partial charge in [0.25, 0.3) is 0 Å². The van der Waals surface area contributed by atoms with Crippen LogP contribution in [0, 0.1) is 0 Å². The highest BCUT2D eigenvalue weighted by atomic mass is 16.5. The summed E-state index contributed by atoms with van der Waals surface area (Å²) in [6.07, 6.45) is 4.70. The zero-order chi connectivity index (χ0) is 10.7. The van der Waals surface area contributed by atoms with E-state index in [9.17, 15) is 4.79 Å². The minimum atomic E-state index is -0.0839. The molecule has 2 rings (SSSR count). The van der Waals surface area contributed by atoms with E-state index >= 15 is 0 Å². The molecule has 0 radical (unpaired) electrons. The van der Waals surface area contributed by atoms with Crippen molar-refractivity contribution in [1.29, 1.82) is 0 Å². The highest BCUT2D eigenvalue weighted by Gasteiger charge is 2.29. The summed E-state index contributed by atoms with van der Waals surface area (Å²) in [7, 11) is 1.99. The number of carbonyl (C=O) groups is 1. The van der Waals surface area contributed by atoms with Crippen molar-refractivity contribution in [2.75, 3.05) is 26.7 Å². The van der Waals surface area contributed by atoms with Crippen LogP contribution in [0.5, 0.6) is 0 Å². The molecule has 4 heteroatoms. The second kappa shape index (κ2) is 4.94. The largest absolute Gasteiger partial charge is 0.461 e. The van der Waals surface area contributed by atoms with Gasteiger partial charge < -0.3 is 10.1 Å². The maximum absolute atomic E-state index is 11.9. The van der Waals surface area contributed by atoms with Crippen molar-refractivity contribution in [3.05, 3.63) is 0 Å². The molecule has 2 fully saturated rings. The average Bonchev–Trinajstić information content (AvgIpc) is 2.71. The average molecular weight is 212 g/mol. The number of carbonyl (C=O) groups excluding carboxylic acids is 1. The van der Waals surface area contributed by atoms with Crippen molar-refractivity contribution in [3.63, 3.8) is 0 Å². The van der Waals surface area contributed by atoms with Crippen LogP contribution in [0.4, 0.5) is 0 Å². The Hall–Kier alpha value is -0.610. The van der Waals surface area contributed by atoms with Crippen LogP contribution in [-0.4, -0.2) is 49.7 Å². The Morgan fingerprint density at radius 3 is 2.80 bits per heavy atom. The third-order valence-electron chi connectivity index (χ3n) is 3.37. The first-order valence-corrected chi connectivity index (χ1v) is 5.89. The van der Waals surface area contributed by atoms with Gasteiger partial charge in [-0.05, 0) is 32.7 Å². The zero-order valence-electron chi connectivity index (χ0n) is 9.37. The third-order valence-corrected chi connectivity index (χ3v) is 3.37. The molecule has 0 aromatic heterocycles. The molecule has 1 N–H and O–H groups in total. The molecule has 1 heterocycles. The molecule has 0 amide bonds. The van der Waals surface area contributed by atoms with Crippen molar-refractivity contribution in [2.24, 2.45) is 0 Å². The number of nitrogens with zero attached hydrogens (tertiary/aromatic N) is 1. The van der Waals surface area contributed by atoms with Gasteiger partial charge in [0.2, 0.25) is 0 Å². The van der Waals surface area contributed by atoms with E-state index in [0.717, 1.165) is 32.5 Å². The summed E-state index contributed by atoms with van der Waals surface area (Å²) in [5, 5.41) is 3.23. The predicted molar refractivity (Wildman–Crippen MR) is 57.6 cm³/mol. The van der Waals surface area contributed by atoms with Gasteiger partial charge in [0, 0.05) is 19.6 Å². The van der Waals surface area contributed by atoms with E-state index in [1.54, 1.807) is 0 Å². The van der Waals surface area contributed by atoms with Gasteiger partial charge in [0.15, 0.2) is 0 Å². The molecule has 86 valence electrons. The summed E-state index contributed by atoms with van der Waals surface area (Å²) in [4.78, 5) is 13.9. The van der Waals surface area contributed by atoms with Gasteiger partial charge in [-0.25, -0.2) is 0 Å². The molecule has 1 saturated heterocycles. The highest BCUT2D eigenvalue weighted by molar-refractivity contribution is 5.76. The molecule has 1 unspecified atom stereocenters. The van der Waals surface area contributed by atoms with E-state index in [1.165, 1.54) is 12.8 Å². The Morgan fingerprint density at radius 1 is 1.40 bits per heavy atom. The van der Waals surface area contributed by atoms with E-state index < -0.39 is 0 Å². The fourth-order valence-electron chi connectivity index (χ4n) is 2.32. The van der Waals surface area contributed by atoms with Crippen LogP contribution < -0.4 is 5.32 Å². The van der Waals surface area contributed by atoms with Crippen LogP contribution in [-0.2, 0) is 9.53 Å². The maximum Gasteiger partial charge on any atom is 0.324 e. The number of ether oxygens (including phenoxy) is 1. The second-order valence-electron chi connectivity index (χ2n) is 4.54. The monoisotopic (exact) mass is 212 g/mol. The van der Waals surface area contributed by atoms with E-state index in [0.29, 0.717) is 0 Å². The number of hydrogen-bond acceptors (Lipinski definition) is 4. The number of rotatable bonds is 2. The predicted octanol–water partition coefficient (Wildman–Crippen LogP) is 0.376. The molecule has 1 saturated carbocycles. The Labute approximate surface area is 91.0 Å². The van der Waals surface area contributed by atoms with Crippen molar-refractivity contribution in [3.8, 4) is 0 Å². The van der Waals surface area contributed by atoms with Crippen LogP contribution in [0.3, 0.4) is 0 Å². The summed E-state index contributed by atoms with van der Waals surface area (Å²) in [6.45, 7) is 2.61. The Balaban J connectivity index is 1.83. The SMILES string of the molecule is CN1CCNCC1C(=O)OC1CCCC1. The number of likely N-dealkylation sites (N-methyl/N-ethyl adjacent to an activating group) is 1. The molecule has 15 heavy (non-hydrogen) atoms. The maximum atomic E-state index is 11.9. The van der Waals surface area contributed by atoms with Crippen LogP contribution in [0.15, 0.2) is 0 Å². The molecular formula is C11H20N2O2. The molecule has 1 aliphatic heterocycles. The van der Waals surface area contributed by atoms with Crippen molar-refractivity contribution in [1.82, 2.24) is 10.2 Å². The highest BCUT2D eigenvalue weighted by Crippen LogP contribution is 2.21. The first-order valence-electron chi connectivity index (χ1n) is 5.89. The molecule has 0 bridgehead atoms. The fraction of sp³-hybridized carbons (Fsp3) is 0.909. The second-order valence-corrected chi connectivity index (χ2v) is 4.54. The number of esters is 1. The van der Waals surface area contributed by atoms with Gasteiger partial charge in [-0.3, -0.25) is 9.69 Å². The molecule has 4 nitrogen and oxygen atoms in total. The van der Waals surface area contributed by atoms with Gasteiger partial charge in [0.1, 0.15) is 12.1 Å². The Kier molecular flexibility index (Phi) is 3.59. The number of hydrogen-bond donors (Lipinski definition) is 1. The van der Waals surface area contributed by atoms with Gasteiger partial charge in [-0.2, -0.15) is 0 Å². The lowest BCUT2D eigenvalue weighted by atomic mass is 10.2. The fourth-order valence-corrected chi connectivity index (χ4v) is 2.32. The van der Waals surface area contributed by atoms with Gasteiger partial charge in [-0.1, -0.05) is 0 Å². The molecule has 2 aliphatic rings. The lowest BCUT2D eigenvalue weighted by molar-refractivity contribution is -0.155. The van der Waals surface area contributed by atoms with E-state index in [1.807, 2.05) is 7.05 Å². The van der Waals surface area contributed by atoms with Crippen molar-refractivity contribution >= 4 is 5.97 Å². The van der Waals surface area contributed by atoms with Crippen LogP contribution >= 0.6 is 0 Å². The lowest BCUT2D eigenvalue weighted by Crippen LogP contribution is -2.54. The standard InChI is InChI=1S/C11H20N2O2/c1-13-7-6-12-8-10(13)11(14)15-9-4-2-3-5-9/h9-10,12H,2-8H2,1H3. The van der Waals surface area contributed by atoms with Crippen molar-refractivity contribution in [2.45, 2.75) is 37.8 Å². The van der Waals surface area contributed by atoms with Crippen LogP contribution in [0.25, 0.3) is 0 Å². The van der Waals surface area contributed by atoms with Crippen LogP contribution in [0.1, 0.15) is 25.7 Å². The summed E-state index contributed by atoms with van der Waals surface area (Å²) in [6, 6.07) is -0.0839. The van der Waals surface area contributed by atoms with Crippen molar-refractivity contribution < 1.29 is 9.53 Å². The Morgan fingerprint density at radius 2 is 2.13 bits per heavy atom. The first kappa shape index (κ1) is 10.9. The summed E-state index contributed by atoms with van der Waals surface area (Å²) >= 11 is 0. The number of piperazine rings is 1. The summed E-state index contributed by atoms with van der Waals surface area (Å²) < 4.78 is 5.50. The smallest absolute Gasteiger partial charge is 0.324 e. The molecule has 0 spiro atoms. The third kappa shape index (κ3) is 2.69. The first-order chi connectivity index (χ1) is 7.27. The van der Waals surface area contributed by atoms with Gasteiger partial charge in [0.05, 0.1) is 0 Å². The zero-order valence-corrected chi connectivity index (χ0v) is 9.37. The quantitative estimate of drug-likeness (QED) is 0.672. The minimum Gasteiger partial charge on any atom is -0.461 e. The summed E-state index contributed by atoms with van der Waals surface area (Å²) in [5.41, 5.74) is 0. The number of nitrogens with one attached hydrogen (secondary N) is 1. The normalized spacial score (nSPS) is 29.3. The van der Waals surface area contributed by atoms with Gasteiger partial charge >= 0.3 is 5.97 Å².